The molecule has 2 aliphatic heterocycles. The van der Waals surface area contributed by atoms with E-state index in [1.807, 2.05) is 39.8 Å². The molecule has 194 valence electrons. The Kier molecular flexibility index (Phi) is 7.52. The molecule has 36 heavy (non-hydrogen) atoms. The van der Waals surface area contributed by atoms with Crippen molar-refractivity contribution in [3.63, 3.8) is 0 Å². The van der Waals surface area contributed by atoms with Crippen LogP contribution in [0.15, 0.2) is 29.7 Å². The molecule has 0 saturated carbocycles. The van der Waals surface area contributed by atoms with Crippen LogP contribution in [-0.2, 0) is 32.5 Å². The Morgan fingerprint density at radius 1 is 1.22 bits per heavy atom. The molecule has 11 heteroatoms. The Labute approximate surface area is 220 Å². The molecule has 2 aromatic rings. The lowest BCUT2D eigenvalue weighted by Gasteiger charge is -2.32. The number of benzene rings is 1. The van der Waals surface area contributed by atoms with E-state index in [0.717, 1.165) is 27.8 Å². The highest BCUT2D eigenvalue weighted by Gasteiger charge is 2.36. The summed E-state index contributed by atoms with van der Waals surface area (Å²) < 4.78 is 33.7. The van der Waals surface area contributed by atoms with Crippen LogP contribution in [0.25, 0.3) is 6.08 Å². The average molecular weight is 552 g/mol. The quantitative estimate of drug-likeness (QED) is 0.581. The van der Waals surface area contributed by atoms with Crippen molar-refractivity contribution in [1.82, 2.24) is 9.62 Å². The molecule has 1 atom stereocenters. The van der Waals surface area contributed by atoms with E-state index in [-0.39, 0.29) is 12.0 Å². The first-order valence-electron chi connectivity index (χ1n) is 11.7. The van der Waals surface area contributed by atoms with E-state index < -0.39 is 21.7 Å². The van der Waals surface area contributed by atoms with Gasteiger partial charge >= 0.3 is 6.09 Å². The van der Waals surface area contributed by atoms with Gasteiger partial charge in [-0.05, 0) is 81.5 Å². The molecule has 0 bridgehead atoms. The van der Waals surface area contributed by atoms with Crippen molar-refractivity contribution in [1.29, 1.82) is 0 Å². The second kappa shape index (κ2) is 10.2. The van der Waals surface area contributed by atoms with Gasteiger partial charge in [-0.3, -0.25) is 4.79 Å². The normalized spacial score (nSPS) is 18.7. The topological polar surface area (TPSA) is 96.0 Å². The second-order valence-corrected chi connectivity index (χ2v) is 13.3. The number of hydrogen-bond acceptors (Lipinski definition) is 6. The zero-order chi connectivity index (χ0) is 26.3. The van der Waals surface area contributed by atoms with Crippen molar-refractivity contribution < 1.29 is 22.7 Å². The van der Waals surface area contributed by atoms with Crippen LogP contribution >= 0.6 is 22.9 Å². The molecule has 1 aromatic heterocycles. The highest BCUT2D eigenvalue weighted by Crippen LogP contribution is 2.32. The van der Waals surface area contributed by atoms with Gasteiger partial charge in [0.25, 0.3) is 0 Å². The summed E-state index contributed by atoms with van der Waals surface area (Å²) in [6.07, 6.45) is 2.15. The number of rotatable bonds is 5. The van der Waals surface area contributed by atoms with Crippen LogP contribution in [0.4, 0.5) is 10.5 Å². The van der Waals surface area contributed by atoms with Crippen molar-refractivity contribution in [2.75, 3.05) is 18.0 Å². The average Bonchev–Trinajstić information content (AvgIpc) is 3.35. The Hall–Kier alpha value is -2.40. The maximum atomic E-state index is 13.1. The van der Waals surface area contributed by atoms with E-state index in [2.05, 4.69) is 4.72 Å². The number of sulfonamides is 1. The standard InChI is InChI=1S/C25H30ClN3O5S2/c1-16-13-18-15-28(24(31)34-25(2,3)4)10-7-17(18)14-21(16)29-11-8-20(23(29)30)27-36(32,33)12-9-19-5-6-22(26)35-19/h5-6,9,12-14,20,27H,7-8,10-11,15H2,1-4H3/b12-9+/t20-/m0/s1. The van der Waals surface area contributed by atoms with Gasteiger partial charge < -0.3 is 14.5 Å². The predicted molar refractivity (Wildman–Crippen MR) is 143 cm³/mol. The summed E-state index contributed by atoms with van der Waals surface area (Å²) in [7, 11) is -3.81. The monoisotopic (exact) mass is 551 g/mol. The molecule has 1 N–H and O–H groups in total. The van der Waals surface area contributed by atoms with Crippen LogP contribution < -0.4 is 9.62 Å². The van der Waals surface area contributed by atoms with E-state index >= 15 is 0 Å². The molecule has 1 fully saturated rings. The molecule has 2 amide bonds. The summed E-state index contributed by atoms with van der Waals surface area (Å²) in [6.45, 7) is 8.84. The van der Waals surface area contributed by atoms with Gasteiger partial charge in [-0.1, -0.05) is 17.7 Å². The first kappa shape index (κ1) is 26.7. The van der Waals surface area contributed by atoms with Gasteiger partial charge in [0.2, 0.25) is 15.9 Å². The molecule has 4 rings (SSSR count). The van der Waals surface area contributed by atoms with Crippen molar-refractivity contribution in [3.05, 3.63) is 55.6 Å². The number of ether oxygens (including phenoxy) is 1. The fourth-order valence-corrected chi connectivity index (χ4v) is 6.40. The number of nitrogens with zero attached hydrogens (tertiary/aromatic N) is 2. The number of anilines is 1. The number of hydrogen-bond donors (Lipinski definition) is 1. The lowest BCUT2D eigenvalue weighted by atomic mass is 9.96. The van der Waals surface area contributed by atoms with Gasteiger partial charge in [-0.15, -0.1) is 11.3 Å². The third kappa shape index (κ3) is 6.29. The van der Waals surface area contributed by atoms with E-state index in [0.29, 0.717) is 41.7 Å². The van der Waals surface area contributed by atoms with Crippen LogP contribution in [0.2, 0.25) is 4.34 Å². The Morgan fingerprint density at radius 2 is 1.97 bits per heavy atom. The minimum absolute atomic E-state index is 0.277. The highest BCUT2D eigenvalue weighted by atomic mass is 35.5. The molecule has 0 aliphatic carbocycles. The van der Waals surface area contributed by atoms with E-state index in [4.69, 9.17) is 16.3 Å². The van der Waals surface area contributed by atoms with E-state index in [9.17, 15) is 18.0 Å². The van der Waals surface area contributed by atoms with Crippen molar-refractivity contribution >= 4 is 56.7 Å². The molecule has 0 spiro atoms. The first-order valence-corrected chi connectivity index (χ1v) is 14.4. The van der Waals surface area contributed by atoms with Crippen LogP contribution in [0.1, 0.15) is 48.8 Å². The second-order valence-electron chi connectivity index (χ2n) is 10.00. The zero-order valence-electron chi connectivity index (χ0n) is 20.7. The number of amides is 2. The third-order valence-electron chi connectivity index (χ3n) is 5.99. The van der Waals surface area contributed by atoms with Gasteiger partial charge in [0.1, 0.15) is 11.6 Å². The number of nitrogens with one attached hydrogen (secondary N) is 1. The largest absolute Gasteiger partial charge is 0.444 e. The lowest BCUT2D eigenvalue weighted by molar-refractivity contribution is -0.118. The van der Waals surface area contributed by atoms with Gasteiger partial charge in [-0.2, -0.15) is 4.72 Å². The predicted octanol–water partition coefficient (Wildman–Crippen LogP) is 4.70. The molecule has 0 radical (unpaired) electrons. The van der Waals surface area contributed by atoms with Gasteiger partial charge in [0.15, 0.2) is 0 Å². The third-order valence-corrected chi connectivity index (χ3v) is 8.29. The number of halogens is 1. The smallest absolute Gasteiger partial charge is 0.410 e. The van der Waals surface area contributed by atoms with Gasteiger partial charge in [0, 0.05) is 35.6 Å². The van der Waals surface area contributed by atoms with Crippen molar-refractivity contribution in [3.8, 4) is 0 Å². The van der Waals surface area contributed by atoms with Crippen molar-refractivity contribution in [2.24, 2.45) is 0 Å². The molecule has 2 aliphatic rings. The van der Waals surface area contributed by atoms with Crippen LogP contribution in [0, 0.1) is 6.92 Å². The Morgan fingerprint density at radius 3 is 2.64 bits per heavy atom. The minimum Gasteiger partial charge on any atom is -0.444 e. The molecular formula is C25H30ClN3O5S2. The number of fused-ring (bicyclic) bond motifs is 1. The van der Waals surface area contributed by atoms with Gasteiger partial charge in [0.05, 0.1) is 4.34 Å². The van der Waals surface area contributed by atoms with Crippen LogP contribution in [-0.4, -0.2) is 50.1 Å². The zero-order valence-corrected chi connectivity index (χ0v) is 23.1. The fourth-order valence-electron chi connectivity index (χ4n) is 4.33. The summed E-state index contributed by atoms with van der Waals surface area (Å²) in [5, 5.41) is 1.06. The summed E-state index contributed by atoms with van der Waals surface area (Å²) in [6, 6.07) is 6.59. The number of carbonyl (C=O) groups is 2. The van der Waals surface area contributed by atoms with Crippen LogP contribution in [0.3, 0.4) is 0 Å². The molecule has 1 aromatic carbocycles. The Balaban J connectivity index is 1.44. The molecule has 3 heterocycles. The van der Waals surface area contributed by atoms with E-state index in [1.54, 1.807) is 21.9 Å². The highest BCUT2D eigenvalue weighted by molar-refractivity contribution is 7.92. The molecule has 8 nitrogen and oxygen atoms in total. The summed E-state index contributed by atoms with van der Waals surface area (Å²) >= 11 is 7.16. The number of aryl methyl sites for hydroxylation is 1. The number of carbonyl (C=O) groups excluding carboxylic acids is 2. The van der Waals surface area contributed by atoms with Crippen molar-refractivity contribution in [2.45, 2.75) is 58.7 Å². The Bertz CT molecular complexity index is 1310. The lowest BCUT2D eigenvalue weighted by Crippen LogP contribution is -2.41. The maximum Gasteiger partial charge on any atom is 0.410 e. The summed E-state index contributed by atoms with van der Waals surface area (Å²) in [5.74, 6) is -0.277. The van der Waals surface area contributed by atoms with E-state index in [1.165, 1.54) is 17.4 Å². The summed E-state index contributed by atoms with van der Waals surface area (Å²) in [4.78, 5) is 29.7. The first-order chi connectivity index (χ1) is 16.8. The van der Waals surface area contributed by atoms with Crippen LogP contribution in [0.5, 0.6) is 0 Å². The molecule has 1 saturated heterocycles. The molecular weight excluding hydrogens is 522 g/mol. The SMILES string of the molecule is Cc1cc2c(cc1N1CC[C@H](NS(=O)(=O)/C=C/c3ccc(Cl)s3)C1=O)CCN(C(=O)OC(C)(C)C)C2. The summed E-state index contributed by atoms with van der Waals surface area (Å²) in [5.41, 5.74) is 3.21. The maximum absolute atomic E-state index is 13.1. The number of thiophene rings is 1. The van der Waals surface area contributed by atoms with Gasteiger partial charge in [-0.25, -0.2) is 13.2 Å². The fraction of sp³-hybridized carbons (Fsp3) is 0.440. The minimum atomic E-state index is -3.81. The molecule has 0 unspecified atom stereocenters.